The van der Waals surface area contributed by atoms with Crippen molar-refractivity contribution in [2.75, 3.05) is 13.2 Å². The van der Waals surface area contributed by atoms with Crippen molar-refractivity contribution in [3.8, 4) is 5.75 Å². The van der Waals surface area contributed by atoms with E-state index in [0.29, 0.717) is 19.6 Å². The molecule has 0 radical (unpaired) electrons. The number of phenolic OH excluding ortho intramolecular Hbond substituents is 1. The van der Waals surface area contributed by atoms with Crippen LogP contribution in [-0.2, 0) is 24.2 Å². The Morgan fingerprint density at radius 3 is 3.00 bits per heavy atom. The number of hydrogen-bond donors (Lipinski definition) is 2. The highest BCUT2D eigenvalue weighted by atomic mass is 32.1. The number of aromatic nitrogens is 1. The van der Waals surface area contributed by atoms with Crippen LogP contribution in [0.2, 0.25) is 0 Å². The standard InChI is InChI=1S/C15H14F2N2O3S/c16-13-8(1-2-10(20)14(13)17)15(21)18-5-3-12-19-9-4-6-22-7-11(9)23-12/h1-2,20H,3-7H2,(H,18,21). The van der Waals surface area contributed by atoms with Crippen LogP contribution in [0.3, 0.4) is 0 Å². The Balaban J connectivity index is 1.59. The van der Waals surface area contributed by atoms with E-state index >= 15 is 0 Å². The molecule has 1 aromatic carbocycles. The van der Waals surface area contributed by atoms with E-state index < -0.39 is 28.9 Å². The van der Waals surface area contributed by atoms with E-state index in [2.05, 4.69) is 10.3 Å². The van der Waals surface area contributed by atoms with Gasteiger partial charge < -0.3 is 15.2 Å². The molecule has 0 saturated heterocycles. The lowest BCUT2D eigenvalue weighted by molar-refractivity contribution is 0.0949. The average molecular weight is 340 g/mol. The van der Waals surface area contributed by atoms with Gasteiger partial charge in [-0.15, -0.1) is 11.3 Å². The summed E-state index contributed by atoms with van der Waals surface area (Å²) in [7, 11) is 0. The number of benzene rings is 1. The number of carbonyl (C=O) groups is 1. The fraction of sp³-hybridized carbons (Fsp3) is 0.333. The van der Waals surface area contributed by atoms with Crippen LogP contribution in [0.15, 0.2) is 12.1 Å². The number of halogens is 2. The highest BCUT2D eigenvalue weighted by molar-refractivity contribution is 7.11. The molecule has 1 aliphatic rings. The first-order valence-corrected chi connectivity index (χ1v) is 7.88. The molecule has 2 aromatic rings. The van der Waals surface area contributed by atoms with Gasteiger partial charge in [-0.1, -0.05) is 0 Å². The molecule has 5 nitrogen and oxygen atoms in total. The molecule has 8 heteroatoms. The van der Waals surface area contributed by atoms with Crippen LogP contribution in [0, 0.1) is 11.6 Å². The van der Waals surface area contributed by atoms with E-state index in [-0.39, 0.29) is 6.54 Å². The molecular formula is C15H14F2N2O3S. The van der Waals surface area contributed by atoms with Gasteiger partial charge in [0.2, 0.25) is 5.82 Å². The van der Waals surface area contributed by atoms with E-state index in [1.807, 2.05) is 0 Å². The molecule has 0 unspecified atom stereocenters. The maximum atomic E-state index is 13.6. The average Bonchev–Trinajstić information content (AvgIpc) is 2.95. The number of nitrogens with zero attached hydrogens (tertiary/aromatic N) is 1. The number of amides is 1. The van der Waals surface area contributed by atoms with Gasteiger partial charge in [-0.25, -0.2) is 9.37 Å². The van der Waals surface area contributed by atoms with Crippen LogP contribution in [-0.4, -0.2) is 29.1 Å². The Hall–Kier alpha value is -2.06. The normalized spacial score (nSPS) is 13.7. The molecular weight excluding hydrogens is 326 g/mol. The number of phenols is 1. The summed E-state index contributed by atoms with van der Waals surface area (Å²) in [6.45, 7) is 1.49. The zero-order valence-corrected chi connectivity index (χ0v) is 12.9. The number of fused-ring (bicyclic) bond motifs is 1. The summed E-state index contributed by atoms with van der Waals surface area (Å²) in [5.74, 6) is -4.34. The Kier molecular flexibility index (Phi) is 4.53. The molecule has 1 amide bonds. The second kappa shape index (κ2) is 6.59. The molecule has 0 fully saturated rings. The van der Waals surface area contributed by atoms with Crippen molar-refractivity contribution >= 4 is 17.2 Å². The van der Waals surface area contributed by atoms with Crippen LogP contribution in [0.25, 0.3) is 0 Å². The van der Waals surface area contributed by atoms with Gasteiger partial charge in [-0.3, -0.25) is 4.79 Å². The summed E-state index contributed by atoms with van der Waals surface area (Å²) in [5.41, 5.74) is 0.598. The number of rotatable bonds is 4. The van der Waals surface area contributed by atoms with Crippen molar-refractivity contribution in [3.05, 3.63) is 44.9 Å². The van der Waals surface area contributed by atoms with Crippen molar-refractivity contribution in [1.29, 1.82) is 0 Å². The number of ether oxygens (including phenoxy) is 1. The van der Waals surface area contributed by atoms with E-state index in [4.69, 9.17) is 9.84 Å². The van der Waals surface area contributed by atoms with Crippen molar-refractivity contribution in [1.82, 2.24) is 10.3 Å². The van der Waals surface area contributed by atoms with E-state index in [1.54, 1.807) is 0 Å². The Morgan fingerprint density at radius 1 is 1.39 bits per heavy atom. The van der Waals surface area contributed by atoms with Gasteiger partial charge >= 0.3 is 0 Å². The Morgan fingerprint density at radius 2 is 2.22 bits per heavy atom. The maximum Gasteiger partial charge on any atom is 0.254 e. The fourth-order valence-corrected chi connectivity index (χ4v) is 3.33. The molecule has 23 heavy (non-hydrogen) atoms. The Bertz CT molecular complexity index is 725. The lowest BCUT2D eigenvalue weighted by Gasteiger charge is -2.08. The smallest absolute Gasteiger partial charge is 0.254 e. The van der Waals surface area contributed by atoms with Gasteiger partial charge in [-0.05, 0) is 12.1 Å². The molecule has 0 bridgehead atoms. The second-order valence-corrected chi connectivity index (χ2v) is 6.21. The van der Waals surface area contributed by atoms with Gasteiger partial charge in [0.25, 0.3) is 5.91 Å². The first-order chi connectivity index (χ1) is 11.1. The fourth-order valence-electron chi connectivity index (χ4n) is 2.28. The van der Waals surface area contributed by atoms with E-state index in [0.717, 1.165) is 34.1 Å². The second-order valence-electron chi connectivity index (χ2n) is 5.05. The molecule has 1 aliphatic heterocycles. The third kappa shape index (κ3) is 3.32. The van der Waals surface area contributed by atoms with E-state index in [1.165, 1.54) is 11.3 Å². The molecule has 1 aromatic heterocycles. The third-order valence-electron chi connectivity index (χ3n) is 3.47. The predicted octanol–water partition coefficient (Wildman–Crippen LogP) is 2.17. The molecule has 3 rings (SSSR count). The largest absolute Gasteiger partial charge is 0.505 e. The molecule has 0 saturated carbocycles. The summed E-state index contributed by atoms with van der Waals surface area (Å²) < 4.78 is 32.2. The summed E-state index contributed by atoms with van der Waals surface area (Å²) >= 11 is 1.54. The maximum absolute atomic E-state index is 13.6. The SMILES string of the molecule is O=C(NCCc1nc2c(s1)COCC2)c1ccc(O)c(F)c1F. The van der Waals surface area contributed by atoms with Crippen LogP contribution in [0.4, 0.5) is 8.78 Å². The minimum atomic E-state index is -1.43. The van der Waals surface area contributed by atoms with E-state index in [9.17, 15) is 13.6 Å². The summed E-state index contributed by atoms with van der Waals surface area (Å²) in [4.78, 5) is 17.5. The van der Waals surface area contributed by atoms with Gasteiger partial charge in [0.15, 0.2) is 11.6 Å². The van der Waals surface area contributed by atoms with Crippen molar-refractivity contribution in [2.24, 2.45) is 0 Å². The molecule has 122 valence electrons. The molecule has 2 N–H and O–H groups in total. The number of thiazole rings is 1. The third-order valence-corrected chi connectivity index (χ3v) is 4.60. The van der Waals surface area contributed by atoms with Crippen molar-refractivity contribution in [3.63, 3.8) is 0 Å². The number of nitrogens with one attached hydrogen (secondary N) is 1. The zero-order chi connectivity index (χ0) is 16.4. The predicted molar refractivity (Wildman–Crippen MR) is 79.5 cm³/mol. The first-order valence-electron chi connectivity index (χ1n) is 7.06. The lowest BCUT2D eigenvalue weighted by atomic mass is 10.1. The molecule has 0 atom stereocenters. The first kappa shape index (κ1) is 15.8. The van der Waals surface area contributed by atoms with Crippen LogP contribution in [0.1, 0.15) is 25.9 Å². The topological polar surface area (TPSA) is 71.5 Å². The minimum absolute atomic E-state index is 0.258. The molecule has 0 spiro atoms. The summed E-state index contributed by atoms with van der Waals surface area (Å²) in [6.07, 6.45) is 1.29. The summed E-state index contributed by atoms with van der Waals surface area (Å²) in [5, 5.41) is 12.4. The highest BCUT2D eigenvalue weighted by Crippen LogP contribution is 2.24. The number of carbonyl (C=O) groups excluding carboxylic acids is 1. The minimum Gasteiger partial charge on any atom is -0.505 e. The quantitative estimate of drug-likeness (QED) is 0.895. The van der Waals surface area contributed by atoms with Gasteiger partial charge in [0, 0.05) is 19.4 Å². The molecule has 2 heterocycles. The summed E-state index contributed by atoms with van der Waals surface area (Å²) in [6, 6.07) is 1.99. The van der Waals surface area contributed by atoms with Crippen molar-refractivity contribution in [2.45, 2.75) is 19.4 Å². The van der Waals surface area contributed by atoms with Crippen LogP contribution < -0.4 is 5.32 Å². The van der Waals surface area contributed by atoms with Crippen LogP contribution >= 0.6 is 11.3 Å². The van der Waals surface area contributed by atoms with Gasteiger partial charge in [0.1, 0.15) is 0 Å². The Labute approximate surface area is 134 Å². The van der Waals surface area contributed by atoms with Gasteiger partial charge in [-0.2, -0.15) is 4.39 Å². The van der Waals surface area contributed by atoms with Gasteiger partial charge in [0.05, 0.1) is 34.4 Å². The van der Waals surface area contributed by atoms with Crippen molar-refractivity contribution < 1.29 is 23.4 Å². The number of hydrogen-bond acceptors (Lipinski definition) is 5. The molecule has 0 aliphatic carbocycles. The zero-order valence-electron chi connectivity index (χ0n) is 12.1. The number of aromatic hydroxyl groups is 1. The monoisotopic (exact) mass is 340 g/mol. The lowest BCUT2D eigenvalue weighted by Crippen LogP contribution is -2.26. The van der Waals surface area contributed by atoms with Crippen LogP contribution in [0.5, 0.6) is 5.75 Å². The highest BCUT2D eigenvalue weighted by Gasteiger charge is 2.19.